The van der Waals surface area contributed by atoms with Gasteiger partial charge in [0.2, 0.25) is 0 Å². The van der Waals surface area contributed by atoms with E-state index in [1.807, 2.05) is 127 Å². The van der Waals surface area contributed by atoms with Gasteiger partial charge in [-0.05, 0) is 89.5 Å². The summed E-state index contributed by atoms with van der Waals surface area (Å²) < 4.78 is 31.4. The van der Waals surface area contributed by atoms with Crippen molar-refractivity contribution in [2.75, 3.05) is 39.7 Å². The minimum atomic E-state index is -1.71. The number of aromatic amines is 1. The summed E-state index contributed by atoms with van der Waals surface area (Å²) in [7, 11) is 3.19. The number of carbonyl (C=O) groups is 1. The van der Waals surface area contributed by atoms with E-state index in [2.05, 4.69) is 20.3 Å². The Morgan fingerprint density at radius 3 is 1.97 bits per heavy atom. The monoisotopic (exact) mass is 908 g/mol. The third-order valence-corrected chi connectivity index (χ3v) is 12.2. The second-order valence-electron chi connectivity index (χ2n) is 15.4. The van der Waals surface area contributed by atoms with Crippen LogP contribution in [0.5, 0.6) is 11.5 Å². The van der Waals surface area contributed by atoms with Crippen LogP contribution in [-0.2, 0) is 25.5 Å². The lowest BCUT2D eigenvalue weighted by atomic mass is 9.80. The fourth-order valence-electron chi connectivity index (χ4n) is 7.91. The van der Waals surface area contributed by atoms with Crippen LogP contribution in [0.1, 0.15) is 29.5 Å². The van der Waals surface area contributed by atoms with Crippen molar-refractivity contribution in [3.05, 3.63) is 190 Å². The van der Waals surface area contributed by atoms with Crippen molar-refractivity contribution in [1.82, 2.24) is 29.8 Å². The second kappa shape index (κ2) is 20.8. The molecule has 3 aromatic carbocycles. The number of aliphatic hydroxyl groups is 1. The summed E-state index contributed by atoms with van der Waals surface area (Å²) in [5.74, 6) is 1.96. The first kappa shape index (κ1) is 45.5. The largest absolute Gasteiger partial charge is 0.497 e. The molecular formula is C50H48N6O9S. The normalized spacial score (nSPS) is 17.0. The molecule has 0 unspecified atom stereocenters. The summed E-state index contributed by atoms with van der Waals surface area (Å²) in [5, 5.41) is 14.5. The number of carbonyl (C=O) groups excluding carboxylic acids is 1. The number of pyridine rings is 3. The van der Waals surface area contributed by atoms with Gasteiger partial charge in [-0.3, -0.25) is 24.3 Å². The van der Waals surface area contributed by atoms with Crippen molar-refractivity contribution in [3.8, 4) is 34.3 Å². The Bertz CT molecular complexity index is 2710. The number of nitrogens with zero attached hydrogens (tertiary/aromatic N) is 4. The van der Waals surface area contributed by atoms with E-state index in [1.54, 1.807) is 38.4 Å². The van der Waals surface area contributed by atoms with Gasteiger partial charge in [0, 0.05) is 42.5 Å². The molecule has 0 saturated carbocycles. The molecule has 66 heavy (non-hydrogen) atoms. The Kier molecular flexibility index (Phi) is 14.3. The number of benzene rings is 3. The molecule has 1 aliphatic rings. The highest BCUT2D eigenvalue weighted by atomic mass is 32.2. The van der Waals surface area contributed by atoms with E-state index >= 15 is 0 Å². The minimum Gasteiger partial charge on any atom is -0.497 e. The zero-order valence-corrected chi connectivity index (χ0v) is 37.1. The Hall–Kier alpha value is -7.11. The average Bonchev–Trinajstić information content (AvgIpc) is 3.69. The molecule has 3 N–H and O–H groups in total. The Morgan fingerprint density at radius 2 is 1.41 bits per heavy atom. The average molecular weight is 909 g/mol. The van der Waals surface area contributed by atoms with E-state index in [9.17, 15) is 19.5 Å². The summed E-state index contributed by atoms with van der Waals surface area (Å²) >= 11 is 1.60. The maximum Gasteiger partial charge on any atom is 0.407 e. The molecule has 1 amide bonds. The summed E-state index contributed by atoms with van der Waals surface area (Å²) in [6, 6.07) is 41.1. The first-order valence-corrected chi connectivity index (χ1v) is 22.2. The maximum atomic E-state index is 13.4. The zero-order valence-electron chi connectivity index (χ0n) is 36.2. The van der Waals surface area contributed by atoms with Gasteiger partial charge >= 0.3 is 11.8 Å². The number of hydrogen-bond donors (Lipinski definition) is 3. The topological polar surface area (TPSA) is 189 Å². The van der Waals surface area contributed by atoms with Gasteiger partial charge in [-0.2, -0.15) is 0 Å². The molecule has 0 aliphatic carbocycles. The molecular weight excluding hydrogens is 861 g/mol. The summed E-state index contributed by atoms with van der Waals surface area (Å²) in [4.78, 5) is 55.8. The first-order valence-electron chi connectivity index (χ1n) is 21.2. The van der Waals surface area contributed by atoms with Gasteiger partial charge < -0.3 is 34.1 Å². The SMILES string of the molecule is COc1ccc(C(OC[C@H]2O[C@@](COC(=O)NCCCSc3cc(-c4ccccn4)nc(-c4ccccn4)c3)(n3ccc(=O)[nH]c3=O)C[C@@H]2O)(c2ccccc2)c2ccc(OC)cc2)cc1. The molecule has 1 saturated heterocycles. The number of alkyl carbamates (subject to hydrolysis) is 1. The van der Waals surface area contributed by atoms with Crippen LogP contribution in [0.15, 0.2) is 167 Å². The van der Waals surface area contributed by atoms with Crippen LogP contribution in [0, 0.1) is 0 Å². The van der Waals surface area contributed by atoms with E-state index in [4.69, 9.17) is 28.7 Å². The van der Waals surface area contributed by atoms with Crippen LogP contribution in [0.25, 0.3) is 22.8 Å². The molecule has 0 spiro atoms. The number of thioether (sulfide) groups is 1. The molecule has 338 valence electrons. The lowest BCUT2D eigenvalue weighted by Crippen LogP contribution is -2.48. The van der Waals surface area contributed by atoms with Gasteiger partial charge in [0.1, 0.15) is 29.8 Å². The van der Waals surface area contributed by atoms with Crippen LogP contribution in [0.4, 0.5) is 4.79 Å². The standard InChI is InChI=1S/C50H48N6O9S/c1-61-37-19-15-35(16-20-37)50(34-11-4-3-5-12-34,36-17-21-38(62-2)22-18-36)64-32-45-44(57)31-49(65-45,56-27-23-46(58)55-47(56)59)33-63-48(60)53-26-10-28-66-39-29-42(40-13-6-8-24-51-40)54-43(30-39)41-14-7-9-25-52-41/h3-9,11-25,27,29-30,44-45,57H,10,26,28,31-33H2,1-2H3,(H,53,60)(H,55,58,59)/t44-,45+,49-/m0/s1. The maximum absolute atomic E-state index is 13.4. The Morgan fingerprint density at radius 1 is 0.818 bits per heavy atom. The van der Waals surface area contributed by atoms with Crippen LogP contribution in [-0.4, -0.2) is 87.6 Å². The molecule has 4 aromatic heterocycles. The molecule has 16 heteroatoms. The third kappa shape index (κ3) is 10.2. The number of H-pyrrole nitrogens is 1. The minimum absolute atomic E-state index is 0.173. The summed E-state index contributed by atoms with van der Waals surface area (Å²) in [5.41, 5.74) is 0.851. The van der Waals surface area contributed by atoms with Crippen molar-refractivity contribution in [2.45, 2.75) is 41.3 Å². The number of aromatic nitrogens is 5. The van der Waals surface area contributed by atoms with Crippen molar-refractivity contribution >= 4 is 17.9 Å². The zero-order chi connectivity index (χ0) is 45.9. The van der Waals surface area contributed by atoms with Gasteiger partial charge in [0.15, 0.2) is 5.72 Å². The van der Waals surface area contributed by atoms with E-state index in [-0.39, 0.29) is 19.6 Å². The number of amides is 1. The van der Waals surface area contributed by atoms with Crippen LogP contribution < -0.4 is 26.0 Å². The molecule has 5 heterocycles. The van der Waals surface area contributed by atoms with Crippen molar-refractivity contribution in [1.29, 1.82) is 0 Å². The quantitative estimate of drug-likeness (QED) is 0.0464. The molecule has 15 nitrogen and oxygen atoms in total. The van der Waals surface area contributed by atoms with E-state index < -0.39 is 47.5 Å². The lowest BCUT2D eigenvalue weighted by Gasteiger charge is -2.37. The molecule has 1 fully saturated rings. The van der Waals surface area contributed by atoms with Crippen LogP contribution in [0.3, 0.4) is 0 Å². The van der Waals surface area contributed by atoms with Crippen LogP contribution in [0.2, 0.25) is 0 Å². The molecule has 0 radical (unpaired) electrons. The molecule has 0 bridgehead atoms. The predicted octanol–water partition coefficient (Wildman–Crippen LogP) is 6.79. The lowest BCUT2D eigenvalue weighted by molar-refractivity contribution is -0.159. The van der Waals surface area contributed by atoms with Crippen molar-refractivity contribution in [3.63, 3.8) is 0 Å². The number of methoxy groups -OCH3 is 2. The Labute approximate surface area is 384 Å². The van der Waals surface area contributed by atoms with Crippen molar-refractivity contribution in [2.24, 2.45) is 0 Å². The molecule has 1 aliphatic heterocycles. The van der Waals surface area contributed by atoms with E-state index in [0.29, 0.717) is 23.7 Å². The first-order chi connectivity index (χ1) is 32.2. The number of rotatable bonds is 18. The van der Waals surface area contributed by atoms with Gasteiger partial charge in [-0.25, -0.2) is 14.6 Å². The summed E-state index contributed by atoms with van der Waals surface area (Å²) in [6.45, 7) is -0.375. The smallest absolute Gasteiger partial charge is 0.407 e. The number of aliphatic hydroxyl groups excluding tert-OH is 1. The molecule has 8 rings (SSSR count). The van der Waals surface area contributed by atoms with Gasteiger partial charge in [-0.1, -0.05) is 66.7 Å². The van der Waals surface area contributed by atoms with Crippen molar-refractivity contribution < 1.29 is 33.6 Å². The van der Waals surface area contributed by atoms with E-state index in [0.717, 1.165) is 55.0 Å². The van der Waals surface area contributed by atoms with Crippen LogP contribution >= 0.6 is 11.8 Å². The fourth-order valence-corrected chi connectivity index (χ4v) is 8.83. The number of nitrogens with one attached hydrogen (secondary N) is 2. The highest BCUT2D eigenvalue weighted by molar-refractivity contribution is 7.99. The highest BCUT2D eigenvalue weighted by Crippen LogP contribution is 2.43. The molecule has 3 atom stereocenters. The number of ether oxygens (including phenoxy) is 5. The van der Waals surface area contributed by atoms with Gasteiger partial charge in [0.25, 0.3) is 5.56 Å². The fraction of sp³-hybridized carbons (Fsp3) is 0.240. The predicted molar refractivity (Wildman–Crippen MR) is 248 cm³/mol. The van der Waals surface area contributed by atoms with Gasteiger partial charge in [0.05, 0.1) is 49.7 Å². The second-order valence-corrected chi connectivity index (χ2v) is 16.5. The molecule has 7 aromatic rings. The summed E-state index contributed by atoms with van der Waals surface area (Å²) in [6.07, 6.45) is 2.14. The third-order valence-electron chi connectivity index (χ3n) is 11.2. The van der Waals surface area contributed by atoms with E-state index in [1.165, 1.54) is 6.20 Å². The van der Waals surface area contributed by atoms with Gasteiger partial charge in [-0.15, -0.1) is 11.8 Å². The Balaban J connectivity index is 0.971. The number of hydrogen-bond acceptors (Lipinski definition) is 13. The highest BCUT2D eigenvalue weighted by Gasteiger charge is 2.50.